The number of esters is 1. The average Bonchev–Trinajstić information content (AvgIpc) is 2.82. The minimum atomic E-state index is -0.801. The number of amides is 1. The van der Waals surface area contributed by atoms with Crippen LogP contribution in [0.15, 0.2) is 24.3 Å². The van der Waals surface area contributed by atoms with Gasteiger partial charge in [0.05, 0.1) is 5.92 Å². The third kappa shape index (κ3) is 3.73. The maximum atomic E-state index is 12.0. The van der Waals surface area contributed by atoms with Gasteiger partial charge in [0.25, 0.3) is 0 Å². The van der Waals surface area contributed by atoms with Crippen molar-refractivity contribution in [2.45, 2.75) is 26.0 Å². The summed E-state index contributed by atoms with van der Waals surface area (Å²) in [4.78, 5) is 25.4. The lowest BCUT2D eigenvalue weighted by Crippen LogP contribution is -2.27. The van der Waals surface area contributed by atoms with Crippen molar-refractivity contribution in [2.75, 3.05) is 6.54 Å². The normalized spacial score (nSPS) is 19.2. The number of carbonyl (C=O) groups is 2. The van der Waals surface area contributed by atoms with Gasteiger partial charge in [-0.15, -0.1) is 0 Å². The molecule has 1 saturated heterocycles. The number of hydrogen-bond acceptors (Lipinski definition) is 4. The van der Waals surface area contributed by atoms with Crippen molar-refractivity contribution in [1.82, 2.24) is 4.90 Å². The second kappa shape index (κ2) is 6.59. The van der Waals surface area contributed by atoms with Crippen LogP contribution in [0.3, 0.4) is 0 Å². The summed E-state index contributed by atoms with van der Waals surface area (Å²) in [7, 11) is 0. The lowest BCUT2D eigenvalue weighted by molar-refractivity contribution is -0.150. The summed E-state index contributed by atoms with van der Waals surface area (Å²) in [6.45, 7) is 2.16. The smallest absolute Gasteiger partial charge is 0.312 e. The van der Waals surface area contributed by atoms with Crippen LogP contribution in [0, 0.1) is 17.2 Å². The lowest BCUT2D eigenvalue weighted by atomic mass is 10.1. The first kappa shape index (κ1) is 15.3. The quantitative estimate of drug-likeness (QED) is 0.799. The van der Waals surface area contributed by atoms with Gasteiger partial charge in [-0.3, -0.25) is 9.59 Å². The number of carbonyl (C=O) groups excluding carboxylic acids is 2. The molecule has 5 nitrogen and oxygen atoms in total. The molecule has 0 N–H and O–H groups in total. The molecule has 110 valence electrons. The van der Waals surface area contributed by atoms with Gasteiger partial charge >= 0.3 is 5.97 Å². The highest BCUT2D eigenvalue weighted by Crippen LogP contribution is 2.24. The highest BCUT2D eigenvalue weighted by Gasteiger charge is 2.36. The SMILES string of the molecule is C[C@H](C#N)OC(=O)[C@@H]1CC(=O)N(Cc2ccccc2Cl)C1. The Morgan fingerprint density at radius 1 is 1.57 bits per heavy atom. The van der Waals surface area contributed by atoms with Crippen molar-refractivity contribution in [3.05, 3.63) is 34.9 Å². The monoisotopic (exact) mass is 306 g/mol. The van der Waals surface area contributed by atoms with E-state index in [9.17, 15) is 9.59 Å². The van der Waals surface area contributed by atoms with E-state index >= 15 is 0 Å². The zero-order valence-corrected chi connectivity index (χ0v) is 12.3. The van der Waals surface area contributed by atoms with Gasteiger partial charge in [0.2, 0.25) is 5.91 Å². The number of nitriles is 1. The maximum Gasteiger partial charge on any atom is 0.312 e. The summed E-state index contributed by atoms with van der Waals surface area (Å²) in [5, 5.41) is 9.23. The van der Waals surface area contributed by atoms with Crippen molar-refractivity contribution in [3.8, 4) is 6.07 Å². The molecule has 0 saturated carbocycles. The van der Waals surface area contributed by atoms with Crippen LogP contribution in [0.1, 0.15) is 18.9 Å². The molecule has 2 atom stereocenters. The number of benzene rings is 1. The minimum absolute atomic E-state index is 0.110. The molecule has 1 fully saturated rings. The van der Waals surface area contributed by atoms with E-state index in [0.29, 0.717) is 18.1 Å². The molecular formula is C15H15ClN2O3. The Labute approximate surface area is 128 Å². The van der Waals surface area contributed by atoms with E-state index in [1.165, 1.54) is 6.92 Å². The van der Waals surface area contributed by atoms with Gasteiger partial charge in [-0.05, 0) is 18.6 Å². The summed E-state index contributed by atoms with van der Waals surface area (Å²) in [5.41, 5.74) is 0.840. The molecule has 1 aromatic carbocycles. The maximum absolute atomic E-state index is 12.0. The summed E-state index contributed by atoms with van der Waals surface area (Å²) >= 11 is 6.07. The van der Waals surface area contributed by atoms with Crippen LogP contribution in [0.5, 0.6) is 0 Å². The Morgan fingerprint density at radius 3 is 2.95 bits per heavy atom. The fourth-order valence-electron chi connectivity index (χ4n) is 2.21. The lowest BCUT2D eigenvalue weighted by Gasteiger charge is -2.17. The first-order valence-corrected chi connectivity index (χ1v) is 7.00. The predicted octanol–water partition coefficient (Wildman–Crippen LogP) is 2.14. The molecule has 1 heterocycles. The van der Waals surface area contributed by atoms with E-state index in [2.05, 4.69) is 0 Å². The van der Waals surface area contributed by atoms with Gasteiger partial charge in [-0.1, -0.05) is 29.8 Å². The molecule has 1 aromatic rings. The zero-order valence-electron chi connectivity index (χ0n) is 11.6. The number of rotatable bonds is 4. The molecule has 0 spiro atoms. The number of hydrogen-bond donors (Lipinski definition) is 0. The van der Waals surface area contributed by atoms with Crippen molar-refractivity contribution < 1.29 is 14.3 Å². The molecule has 21 heavy (non-hydrogen) atoms. The predicted molar refractivity (Wildman–Crippen MR) is 76.1 cm³/mol. The summed E-state index contributed by atoms with van der Waals surface area (Å²) in [6.07, 6.45) is -0.688. The molecule has 2 rings (SSSR count). The van der Waals surface area contributed by atoms with Crippen molar-refractivity contribution in [3.63, 3.8) is 0 Å². The summed E-state index contributed by atoms with van der Waals surface area (Å²) in [6, 6.07) is 9.11. The Kier molecular flexibility index (Phi) is 4.81. The van der Waals surface area contributed by atoms with Crippen molar-refractivity contribution >= 4 is 23.5 Å². The molecule has 6 heteroatoms. The second-order valence-electron chi connectivity index (χ2n) is 4.97. The highest BCUT2D eigenvalue weighted by molar-refractivity contribution is 6.31. The van der Waals surface area contributed by atoms with E-state index < -0.39 is 18.0 Å². The van der Waals surface area contributed by atoms with E-state index in [4.69, 9.17) is 21.6 Å². The van der Waals surface area contributed by atoms with Gasteiger partial charge in [0.15, 0.2) is 6.10 Å². The number of ether oxygens (including phenoxy) is 1. The van der Waals surface area contributed by atoms with E-state index in [0.717, 1.165) is 5.56 Å². The topological polar surface area (TPSA) is 70.4 Å². The van der Waals surface area contributed by atoms with Crippen molar-refractivity contribution in [1.29, 1.82) is 5.26 Å². The minimum Gasteiger partial charge on any atom is -0.447 e. The first-order valence-electron chi connectivity index (χ1n) is 6.62. The van der Waals surface area contributed by atoms with Gasteiger partial charge < -0.3 is 9.64 Å². The van der Waals surface area contributed by atoms with Gasteiger partial charge in [-0.2, -0.15) is 5.26 Å². The number of nitrogens with zero attached hydrogens (tertiary/aromatic N) is 2. The van der Waals surface area contributed by atoms with Crippen LogP contribution in [0.4, 0.5) is 0 Å². The second-order valence-corrected chi connectivity index (χ2v) is 5.38. The van der Waals surface area contributed by atoms with Crippen LogP contribution >= 0.6 is 11.6 Å². The largest absolute Gasteiger partial charge is 0.447 e. The van der Waals surface area contributed by atoms with E-state index in [-0.39, 0.29) is 12.3 Å². The van der Waals surface area contributed by atoms with Gasteiger partial charge in [0.1, 0.15) is 6.07 Å². The molecule has 1 aliphatic rings. The molecule has 0 bridgehead atoms. The fourth-order valence-corrected chi connectivity index (χ4v) is 2.41. The molecule has 1 aliphatic heterocycles. The Bertz CT molecular complexity index is 597. The molecule has 0 radical (unpaired) electrons. The van der Waals surface area contributed by atoms with Crippen LogP contribution in [0.2, 0.25) is 5.02 Å². The van der Waals surface area contributed by atoms with Gasteiger partial charge in [0, 0.05) is 24.5 Å². The summed E-state index contributed by atoms with van der Waals surface area (Å²) < 4.78 is 4.95. The van der Waals surface area contributed by atoms with Crippen LogP contribution in [-0.4, -0.2) is 29.4 Å². The molecule has 0 aliphatic carbocycles. The van der Waals surface area contributed by atoms with E-state index in [1.807, 2.05) is 24.3 Å². The average molecular weight is 307 g/mol. The van der Waals surface area contributed by atoms with Crippen molar-refractivity contribution in [2.24, 2.45) is 5.92 Å². The fraction of sp³-hybridized carbons (Fsp3) is 0.400. The molecule has 1 amide bonds. The third-order valence-corrected chi connectivity index (χ3v) is 3.71. The van der Waals surface area contributed by atoms with Crippen LogP contribution in [-0.2, 0) is 20.9 Å². The third-order valence-electron chi connectivity index (χ3n) is 3.34. The number of halogens is 1. The molecule has 0 aromatic heterocycles. The van der Waals surface area contributed by atoms with Crippen LogP contribution < -0.4 is 0 Å². The molecular weight excluding hydrogens is 292 g/mol. The Morgan fingerprint density at radius 2 is 2.29 bits per heavy atom. The van der Waals surface area contributed by atoms with Crippen LogP contribution in [0.25, 0.3) is 0 Å². The molecule has 0 unspecified atom stereocenters. The zero-order chi connectivity index (χ0) is 15.4. The first-order chi connectivity index (χ1) is 10.0. The standard InChI is InChI=1S/C15H15ClN2O3/c1-10(7-17)21-15(20)12-6-14(19)18(9-12)8-11-4-2-3-5-13(11)16/h2-5,10,12H,6,8-9H2,1H3/t10-,12-/m1/s1. The Balaban J connectivity index is 1.99. The highest BCUT2D eigenvalue weighted by atomic mass is 35.5. The van der Waals surface area contributed by atoms with Gasteiger partial charge in [-0.25, -0.2) is 0 Å². The number of likely N-dealkylation sites (tertiary alicyclic amines) is 1. The summed E-state index contributed by atoms with van der Waals surface area (Å²) in [5.74, 6) is -1.13. The Hall–Kier alpha value is -2.06. The van der Waals surface area contributed by atoms with E-state index in [1.54, 1.807) is 11.0 Å².